The van der Waals surface area contributed by atoms with Crippen molar-refractivity contribution in [2.45, 2.75) is 13.5 Å². The average molecular weight is 282 g/mol. The van der Waals surface area contributed by atoms with Gasteiger partial charge in [0.2, 0.25) is 0 Å². The zero-order valence-corrected chi connectivity index (χ0v) is 12.9. The maximum absolute atomic E-state index is 2.30. The summed E-state index contributed by atoms with van der Waals surface area (Å²) in [5, 5.41) is 0. The van der Waals surface area contributed by atoms with E-state index in [9.17, 15) is 0 Å². The normalized spacial score (nSPS) is 22.1. The molecule has 0 atom stereocenters. The molecule has 0 amide bonds. The smallest absolute Gasteiger partial charge is 0.127 e. The van der Waals surface area contributed by atoms with E-state index in [1.807, 2.05) is 0 Å². The zero-order chi connectivity index (χ0) is 14.5. The van der Waals surface area contributed by atoms with Gasteiger partial charge < -0.3 is 9.80 Å². The molecule has 110 valence electrons. The number of piperazine rings is 1. The lowest BCUT2D eigenvalue weighted by Gasteiger charge is -2.29. The molecule has 0 radical (unpaired) electrons. The van der Waals surface area contributed by atoms with E-state index in [1.165, 1.54) is 56.0 Å². The van der Waals surface area contributed by atoms with Crippen molar-refractivity contribution in [2.75, 3.05) is 32.7 Å². The van der Waals surface area contributed by atoms with E-state index >= 15 is 0 Å². The van der Waals surface area contributed by atoms with Gasteiger partial charge in [0.05, 0.1) is 6.54 Å². The van der Waals surface area contributed by atoms with Crippen LogP contribution in [0.25, 0.3) is 11.1 Å². The molecule has 0 aromatic heterocycles. The van der Waals surface area contributed by atoms with Crippen LogP contribution in [0, 0.1) is 0 Å². The zero-order valence-electron chi connectivity index (χ0n) is 12.9. The number of hydrogen-bond acceptors (Lipinski definition) is 0. The molecule has 2 nitrogen and oxygen atoms in total. The predicted octanol–water partition coefficient (Wildman–Crippen LogP) is 0.657. The van der Waals surface area contributed by atoms with E-state index in [-0.39, 0.29) is 0 Å². The Balaban J connectivity index is 1.60. The molecule has 1 aliphatic heterocycles. The standard InChI is InChI=1S/C19H24N2/c1-2-20-12-14-21(15-13-20)16-17-8-10-19(11-9-17)18-6-4-3-5-7-18/h3-11H,2,12-16H2,1H3/p+2. The molecule has 2 aromatic carbocycles. The summed E-state index contributed by atoms with van der Waals surface area (Å²) in [7, 11) is 0. The van der Waals surface area contributed by atoms with Crippen LogP contribution in [0.3, 0.4) is 0 Å². The number of rotatable bonds is 4. The summed E-state index contributed by atoms with van der Waals surface area (Å²) in [6, 6.07) is 19.7. The molecule has 0 aliphatic carbocycles. The number of likely N-dealkylation sites (N-methyl/N-ethyl adjacent to an activating group) is 1. The molecule has 3 rings (SSSR count). The van der Waals surface area contributed by atoms with Crippen LogP contribution in [-0.4, -0.2) is 32.7 Å². The first-order valence-electron chi connectivity index (χ1n) is 8.16. The van der Waals surface area contributed by atoms with Gasteiger partial charge in [0.1, 0.15) is 32.7 Å². The van der Waals surface area contributed by atoms with E-state index in [2.05, 4.69) is 61.5 Å². The highest BCUT2D eigenvalue weighted by Gasteiger charge is 2.21. The van der Waals surface area contributed by atoms with E-state index in [4.69, 9.17) is 0 Å². The van der Waals surface area contributed by atoms with Gasteiger partial charge in [0.25, 0.3) is 0 Å². The van der Waals surface area contributed by atoms with Crippen molar-refractivity contribution in [1.82, 2.24) is 0 Å². The molecule has 1 heterocycles. The molecule has 1 aliphatic rings. The van der Waals surface area contributed by atoms with Gasteiger partial charge >= 0.3 is 0 Å². The number of nitrogens with one attached hydrogen (secondary N) is 2. The van der Waals surface area contributed by atoms with Crippen LogP contribution in [0.15, 0.2) is 54.6 Å². The first kappa shape index (κ1) is 14.3. The van der Waals surface area contributed by atoms with Crippen molar-refractivity contribution in [3.63, 3.8) is 0 Å². The molecule has 2 aromatic rings. The lowest BCUT2D eigenvalue weighted by atomic mass is 10.0. The van der Waals surface area contributed by atoms with Crippen LogP contribution in [0.4, 0.5) is 0 Å². The molecule has 0 bridgehead atoms. The summed E-state index contributed by atoms with van der Waals surface area (Å²) in [6.45, 7) is 10.0. The van der Waals surface area contributed by atoms with Crippen LogP contribution in [0.1, 0.15) is 12.5 Å². The summed E-state index contributed by atoms with van der Waals surface area (Å²) < 4.78 is 0. The van der Waals surface area contributed by atoms with E-state index in [0.29, 0.717) is 0 Å². The molecule has 1 saturated heterocycles. The average Bonchev–Trinajstić information content (AvgIpc) is 2.57. The van der Waals surface area contributed by atoms with Gasteiger partial charge in [-0.15, -0.1) is 0 Å². The van der Waals surface area contributed by atoms with Gasteiger partial charge in [-0.2, -0.15) is 0 Å². The number of hydrogen-bond donors (Lipinski definition) is 2. The molecule has 0 unspecified atom stereocenters. The fraction of sp³-hybridized carbons (Fsp3) is 0.368. The minimum absolute atomic E-state index is 1.17. The first-order valence-corrected chi connectivity index (χ1v) is 8.16. The van der Waals surface area contributed by atoms with Crippen LogP contribution < -0.4 is 9.80 Å². The van der Waals surface area contributed by atoms with Gasteiger partial charge in [-0.25, -0.2) is 0 Å². The third-order valence-corrected chi connectivity index (χ3v) is 4.68. The molecule has 21 heavy (non-hydrogen) atoms. The Morgan fingerprint density at radius 2 is 1.29 bits per heavy atom. The number of quaternary nitrogens is 2. The lowest BCUT2D eigenvalue weighted by Crippen LogP contribution is -3.27. The van der Waals surface area contributed by atoms with Gasteiger partial charge in [-0.3, -0.25) is 0 Å². The summed E-state index contributed by atoms with van der Waals surface area (Å²) in [4.78, 5) is 3.50. The summed E-state index contributed by atoms with van der Waals surface area (Å²) in [6.07, 6.45) is 0. The number of benzene rings is 2. The monoisotopic (exact) mass is 282 g/mol. The second-order valence-electron chi connectivity index (χ2n) is 6.09. The maximum atomic E-state index is 2.30. The highest BCUT2D eigenvalue weighted by Crippen LogP contribution is 2.18. The van der Waals surface area contributed by atoms with E-state index < -0.39 is 0 Å². The second kappa shape index (κ2) is 6.88. The third-order valence-electron chi connectivity index (χ3n) is 4.68. The van der Waals surface area contributed by atoms with Crippen LogP contribution in [-0.2, 0) is 6.54 Å². The van der Waals surface area contributed by atoms with Crippen molar-refractivity contribution in [3.05, 3.63) is 60.2 Å². The largest absolute Gasteiger partial charge is 0.326 e. The third kappa shape index (κ3) is 3.72. The maximum Gasteiger partial charge on any atom is 0.127 e. The van der Waals surface area contributed by atoms with Crippen molar-refractivity contribution in [2.24, 2.45) is 0 Å². The van der Waals surface area contributed by atoms with Crippen molar-refractivity contribution in [3.8, 4) is 11.1 Å². The Kier molecular flexibility index (Phi) is 4.69. The minimum atomic E-state index is 1.17. The molecule has 0 saturated carbocycles. The van der Waals surface area contributed by atoms with Gasteiger partial charge in [-0.1, -0.05) is 54.6 Å². The molecule has 2 N–H and O–H groups in total. The Bertz CT molecular complexity index is 540. The molecular weight excluding hydrogens is 256 g/mol. The van der Waals surface area contributed by atoms with Gasteiger partial charge in [-0.05, 0) is 18.1 Å². The lowest BCUT2D eigenvalue weighted by molar-refractivity contribution is -1.02. The van der Waals surface area contributed by atoms with Crippen molar-refractivity contribution in [1.29, 1.82) is 0 Å². The predicted molar refractivity (Wildman–Crippen MR) is 87.5 cm³/mol. The summed E-state index contributed by atoms with van der Waals surface area (Å²) in [5.74, 6) is 0. The van der Waals surface area contributed by atoms with E-state index in [0.717, 1.165) is 0 Å². The van der Waals surface area contributed by atoms with Crippen LogP contribution in [0.5, 0.6) is 0 Å². The summed E-state index contributed by atoms with van der Waals surface area (Å²) >= 11 is 0. The Hall–Kier alpha value is -1.64. The first-order chi connectivity index (χ1) is 10.3. The second-order valence-corrected chi connectivity index (χ2v) is 6.09. The Morgan fingerprint density at radius 1 is 0.714 bits per heavy atom. The SMILES string of the molecule is CC[NH+]1CC[NH+](Cc2ccc(-c3ccccc3)cc2)CC1. The summed E-state index contributed by atoms with van der Waals surface area (Å²) in [5.41, 5.74) is 4.08. The topological polar surface area (TPSA) is 8.88 Å². The Morgan fingerprint density at radius 3 is 1.90 bits per heavy atom. The van der Waals surface area contributed by atoms with Crippen molar-refractivity contribution < 1.29 is 9.80 Å². The molecular formula is C19H26N2+2. The highest BCUT2D eigenvalue weighted by molar-refractivity contribution is 5.63. The van der Waals surface area contributed by atoms with Gasteiger partial charge in [0, 0.05) is 5.56 Å². The molecule has 0 spiro atoms. The Labute approximate surface area is 128 Å². The molecule has 1 fully saturated rings. The van der Waals surface area contributed by atoms with E-state index in [1.54, 1.807) is 9.80 Å². The van der Waals surface area contributed by atoms with Crippen LogP contribution in [0.2, 0.25) is 0 Å². The molecule has 2 heteroatoms. The highest BCUT2D eigenvalue weighted by atomic mass is 15.3. The van der Waals surface area contributed by atoms with Gasteiger partial charge in [0.15, 0.2) is 0 Å². The fourth-order valence-electron chi connectivity index (χ4n) is 3.22. The fourth-order valence-corrected chi connectivity index (χ4v) is 3.22. The minimum Gasteiger partial charge on any atom is -0.326 e. The van der Waals surface area contributed by atoms with Crippen LogP contribution >= 0.6 is 0 Å². The quantitative estimate of drug-likeness (QED) is 0.815. The van der Waals surface area contributed by atoms with Crippen molar-refractivity contribution >= 4 is 0 Å².